The maximum atomic E-state index is 10.7. The number of ether oxygens (including phenoxy) is 1. The average Bonchev–Trinajstić information content (AvgIpc) is 2.59. The number of hydrogen-bond donors (Lipinski definition) is 2. The number of carboxylic acids is 2. The van der Waals surface area contributed by atoms with Crippen LogP contribution in [0, 0.1) is 0 Å². The van der Waals surface area contributed by atoms with Crippen LogP contribution in [-0.4, -0.2) is 28.8 Å². The highest BCUT2D eigenvalue weighted by atomic mass is 16.5. The first kappa shape index (κ1) is 18.5. The van der Waals surface area contributed by atoms with E-state index in [1.54, 1.807) is 0 Å². The van der Waals surface area contributed by atoms with Gasteiger partial charge in [-0.3, -0.25) is 9.59 Å². The summed E-state index contributed by atoms with van der Waals surface area (Å²) in [6.07, 6.45) is 1.94. The van der Waals surface area contributed by atoms with Gasteiger partial charge in [-0.1, -0.05) is 36.4 Å². The third-order valence-electron chi connectivity index (χ3n) is 3.78. The fourth-order valence-corrected chi connectivity index (χ4v) is 2.55. The van der Waals surface area contributed by atoms with E-state index in [0.717, 1.165) is 16.7 Å². The number of carboxylic acid groups (broad SMARTS) is 2. The molecule has 2 aromatic carbocycles. The van der Waals surface area contributed by atoms with E-state index in [2.05, 4.69) is 0 Å². The third-order valence-corrected chi connectivity index (χ3v) is 3.78. The molecule has 0 saturated carbocycles. The van der Waals surface area contributed by atoms with Gasteiger partial charge in [0.2, 0.25) is 0 Å². The number of benzene rings is 2. The van der Waals surface area contributed by atoms with Gasteiger partial charge < -0.3 is 14.9 Å². The normalized spacial score (nSPS) is 10.4. The molecule has 5 heteroatoms. The Morgan fingerprint density at radius 1 is 0.880 bits per heavy atom. The lowest BCUT2D eigenvalue weighted by atomic mass is 9.99. The van der Waals surface area contributed by atoms with Crippen molar-refractivity contribution in [3.05, 3.63) is 54.1 Å². The van der Waals surface area contributed by atoms with Gasteiger partial charge in [0.05, 0.1) is 6.61 Å². The number of aryl methyl sites for hydroxylation is 1. The summed E-state index contributed by atoms with van der Waals surface area (Å²) < 4.78 is 5.78. The van der Waals surface area contributed by atoms with Gasteiger partial charge in [0, 0.05) is 18.4 Å². The van der Waals surface area contributed by atoms with Crippen molar-refractivity contribution in [3.63, 3.8) is 0 Å². The number of aliphatic carboxylic acids is 2. The molecular weight excluding hydrogens is 320 g/mol. The monoisotopic (exact) mass is 342 g/mol. The zero-order chi connectivity index (χ0) is 18.1. The van der Waals surface area contributed by atoms with E-state index in [9.17, 15) is 9.59 Å². The average molecular weight is 342 g/mol. The SMILES string of the molecule is O=C(O)CCCOc1ccc(CCCC(=O)O)cc1-c1ccccc1. The highest BCUT2D eigenvalue weighted by Crippen LogP contribution is 2.31. The summed E-state index contributed by atoms with van der Waals surface area (Å²) in [5, 5.41) is 17.5. The molecule has 0 spiro atoms. The lowest BCUT2D eigenvalue weighted by Gasteiger charge is -2.13. The van der Waals surface area contributed by atoms with E-state index < -0.39 is 11.9 Å². The molecule has 0 unspecified atom stereocenters. The molecule has 0 radical (unpaired) electrons. The van der Waals surface area contributed by atoms with Gasteiger partial charge in [0.15, 0.2) is 0 Å². The van der Waals surface area contributed by atoms with Crippen molar-refractivity contribution < 1.29 is 24.5 Å². The molecule has 25 heavy (non-hydrogen) atoms. The van der Waals surface area contributed by atoms with Crippen LogP contribution in [0.2, 0.25) is 0 Å². The van der Waals surface area contributed by atoms with E-state index in [4.69, 9.17) is 14.9 Å². The highest BCUT2D eigenvalue weighted by Gasteiger charge is 2.09. The van der Waals surface area contributed by atoms with Crippen molar-refractivity contribution >= 4 is 11.9 Å². The molecule has 0 aliphatic rings. The van der Waals surface area contributed by atoms with Crippen molar-refractivity contribution in [3.8, 4) is 16.9 Å². The lowest BCUT2D eigenvalue weighted by Crippen LogP contribution is -2.03. The smallest absolute Gasteiger partial charge is 0.303 e. The Balaban J connectivity index is 2.14. The van der Waals surface area contributed by atoms with Crippen molar-refractivity contribution in [2.45, 2.75) is 32.1 Å². The van der Waals surface area contributed by atoms with Crippen LogP contribution in [0.1, 0.15) is 31.2 Å². The summed E-state index contributed by atoms with van der Waals surface area (Å²) in [7, 11) is 0. The summed E-state index contributed by atoms with van der Waals surface area (Å²) >= 11 is 0. The molecule has 0 aliphatic carbocycles. The molecule has 5 nitrogen and oxygen atoms in total. The molecule has 2 rings (SSSR count). The molecule has 0 saturated heterocycles. The summed E-state index contributed by atoms with van der Waals surface area (Å²) in [6, 6.07) is 15.6. The van der Waals surface area contributed by atoms with E-state index >= 15 is 0 Å². The van der Waals surface area contributed by atoms with Gasteiger partial charge in [0.1, 0.15) is 5.75 Å². The number of hydrogen-bond acceptors (Lipinski definition) is 3. The molecule has 0 aliphatic heterocycles. The Labute approximate surface area is 146 Å². The molecule has 0 heterocycles. The van der Waals surface area contributed by atoms with Crippen molar-refractivity contribution in [2.75, 3.05) is 6.61 Å². The topological polar surface area (TPSA) is 83.8 Å². The van der Waals surface area contributed by atoms with E-state index in [0.29, 0.717) is 31.6 Å². The minimum Gasteiger partial charge on any atom is -0.493 e. The zero-order valence-electron chi connectivity index (χ0n) is 14.0. The predicted octanol–water partition coefficient (Wildman–Crippen LogP) is 4.00. The Hall–Kier alpha value is -2.82. The zero-order valence-corrected chi connectivity index (χ0v) is 14.0. The van der Waals surface area contributed by atoms with Crippen LogP contribution in [-0.2, 0) is 16.0 Å². The number of carbonyl (C=O) groups is 2. The molecule has 0 amide bonds. The highest BCUT2D eigenvalue weighted by molar-refractivity contribution is 5.71. The van der Waals surface area contributed by atoms with Crippen molar-refractivity contribution in [1.29, 1.82) is 0 Å². The maximum Gasteiger partial charge on any atom is 0.303 e. The van der Waals surface area contributed by atoms with Crippen LogP contribution < -0.4 is 4.74 Å². The molecule has 0 atom stereocenters. The van der Waals surface area contributed by atoms with E-state index in [1.807, 2.05) is 48.5 Å². The Morgan fingerprint density at radius 2 is 1.56 bits per heavy atom. The predicted molar refractivity (Wildman–Crippen MR) is 94.8 cm³/mol. The van der Waals surface area contributed by atoms with Crippen LogP contribution >= 0.6 is 0 Å². The second kappa shape index (κ2) is 9.47. The van der Waals surface area contributed by atoms with Crippen LogP contribution in [0.25, 0.3) is 11.1 Å². The Morgan fingerprint density at radius 3 is 2.24 bits per heavy atom. The van der Waals surface area contributed by atoms with Gasteiger partial charge >= 0.3 is 11.9 Å². The van der Waals surface area contributed by atoms with Crippen LogP contribution in [0.5, 0.6) is 5.75 Å². The Bertz CT molecular complexity index is 709. The van der Waals surface area contributed by atoms with Gasteiger partial charge in [-0.05, 0) is 42.5 Å². The van der Waals surface area contributed by atoms with Gasteiger partial charge in [-0.25, -0.2) is 0 Å². The lowest BCUT2D eigenvalue weighted by molar-refractivity contribution is -0.138. The second-order valence-corrected chi connectivity index (χ2v) is 5.79. The molecule has 0 fully saturated rings. The minimum absolute atomic E-state index is 0.0773. The van der Waals surface area contributed by atoms with Crippen LogP contribution in [0.3, 0.4) is 0 Å². The first-order valence-electron chi connectivity index (χ1n) is 8.31. The van der Waals surface area contributed by atoms with E-state index in [1.165, 1.54) is 0 Å². The Kier molecular flexibility index (Phi) is 7.01. The maximum absolute atomic E-state index is 10.7. The minimum atomic E-state index is -0.833. The fraction of sp³-hybridized carbons (Fsp3) is 0.300. The van der Waals surface area contributed by atoms with Gasteiger partial charge in [0.25, 0.3) is 0 Å². The summed E-state index contributed by atoms with van der Waals surface area (Å²) in [6.45, 7) is 0.338. The second-order valence-electron chi connectivity index (χ2n) is 5.79. The first-order chi connectivity index (χ1) is 12.1. The third kappa shape index (κ3) is 6.30. The molecule has 132 valence electrons. The first-order valence-corrected chi connectivity index (χ1v) is 8.31. The number of rotatable bonds is 10. The molecule has 2 N–H and O–H groups in total. The molecule has 0 aromatic heterocycles. The molecule has 2 aromatic rings. The fourth-order valence-electron chi connectivity index (χ4n) is 2.55. The quantitative estimate of drug-likeness (QED) is 0.638. The molecule has 0 bridgehead atoms. The van der Waals surface area contributed by atoms with Crippen LogP contribution in [0.15, 0.2) is 48.5 Å². The van der Waals surface area contributed by atoms with Gasteiger partial charge in [-0.15, -0.1) is 0 Å². The summed E-state index contributed by atoms with van der Waals surface area (Å²) in [5.74, 6) is -0.916. The standard InChI is InChI=1S/C20H22O5/c21-19(22)9-4-6-15-11-12-18(25-13-5-10-20(23)24)17(14-15)16-7-2-1-3-8-16/h1-3,7-8,11-12,14H,4-6,9-10,13H2,(H,21,22)(H,23,24). The van der Waals surface area contributed by atoms with Crippen molar-refractivity contribution in [1.82, 2.24) is 0 Å². The van der Waals surface area contributed by atoms with E-state index in [-0.39, 0.29) is 12.8 Å². The van der Waals surface area contributed by atoms with Crippen molar-refractivity contribution in [2.24, 2.45) is 0 Å². The molecular formula is C20H22O5. The summed E-state index contributed by atoms with van der Waals surface area (Å²) in [4.78, 5) is 21.3. The van der Waals surface area contributed by atoms with Gasteiger partial charge in [-0.2, -0.15) is 0 Å². The summed E-state index contributed by atoms with van der Waals surface area (Å²) in [5.41, 5.74) is 3.00. The van der Waals surface area contributed by atoms with Crippen LogP contribution in [0.4, 0.5) is 0 Å². The largest absolute Gasteiger partial charge is 0.493 e.